The highest BCUT2D eigenvalue weighted by molar-refractivity contribution is 5.66. The van der Waals surface area contributed by atoms with Crippen molar-refractivity contribution in [3.05, 3.63) is 29.3 Å². The molecule has 0 fully saturated rings. The maximum atomic E-state index is 10.7. The number of rotatable bonds is 10. The number of carbonyl (C=O) groups is 1. The van der Waals surface area contributed by atoms with E-state index in [2.05, 4.69) is 59.7 Å². The summed E-state index contributed by atoms with van der Waals surface area (Å²) in [5.74, 6) is 0.191. The van der Waals surface area contributed by atoms with Gasteiger partial charge in [0.05, 0.1) is 6.10 Å². The van der Waals surface area contributed by atoms with Crippen molar-refractivity contribution < 1.29 is 14.6 Å². The predicted molar refractivity (Wildman–Crippen MR) is 105 cm³/mol. The molecule has 3 heteroatoms. The van der Waals surface area contributed by atoms with Crippen LogP contribution in [0.1, 0.15) is 91.7 Å². The third-order valence-corrected chi connectivity index (χ3v) is 5.59. The predicted octanol–water partition coefficient (Wildman–Crippen LogP) is 6.08. The number of ether oxygens (including phenoxy) is 1. The van der Waals surface area contributed by atoms with Gasteiger partial charge in [-0.2, -0.15) is 0 Å². The molecule has 0 aliphatic carbocycles. The van der Waals surface area contributed by atoms with Gasteiger partial charge in [0.25, 0.3) is 0 Å². The highest BCUT2D eigenvalue weighted by Gasteiger charge is 2.27. The van der Waals surface area contributed by atoms with Crippen molar-refractivity contribution in [3.63, 3.8) is 0 Å². The van der Waals surface area contributed by atoms with Crippen LogP contribution >= 0.6 is 0 Å². The lowest BCUT2D eigenvalue weighted by Crippen LogP contribution is -2.22. The molecule has 1 aromatic rings. The standard InChI is InChI=1S/C22H36O3/c1-8-21(4,5)17-13-14-19(18(15-17)22(6,7)9-2)25-16(3)11-10-12-20(23)24/h13-16H,8-12H2,1-7H3,(H,23,24). The fourth-order valence-electron chi connectivity index (χ4n) is 2.79. The lowest BCUT2D eigenvalue weighted by atomic mass is 9.76. The van der Waals surface area contributed by atoms with E-state index >= 15 is 0 Å². The van der Waals surface area contributed by atoms with Gasteiger partial charge >= 0.3 is 5.97 Å². The van der Waals surface area contributed by atoms with E-state index in [1.54, 1.807) is 0 Å². The zero-order valence-electron chi connectivity index (χ0n) is 17.1. The van der Waals surface area contributed by atoms with Crippen molar-refractivity contribution in [2.45, 2.75) is 97.5 Å². The highest BCUT2D eigenvalue weighted by Crippen LogP contribution is 2.39. The van der Waals surface area contributed by atoms with E-state index in [4.69, 9.17) is 9.84 Å². The van der Waals surface area contributed by atoms with Gasteiger partial charge in [0.15, 0.2) is 0 Å². The Morgan fingerprint density at radius 3 is 2.24 bits per heavy atom. The molecule has 25 heavy (non-hydrogen) atoms. The van der Waals surface area contributed by atoms with Crippen LogP contribution in [0.5, 0.6) is 5.75 Å². The Labute approximate surface area is 153 Å². The summed E-state index contributed by atoms with van der Waals surface area (Å²) < 4.78 is 6.22. The van der Waals surface area contributed by atoms with E-state index in [0.717, 1.165) is 25.0 Å². The minimum atomic E-state index is -0.744. The molecule has 0 saturated heterocycles. The van der Waals surface area contributed by atoms with Crippen LogP contribution in [0.3, 0.4) is 0 Å². The summed E-state index contributed by atoms with van der Waals surface area (Å²) in [4.78, 5) is 10.7. The van der Waals surface area contributed by atoms with E-state index in [0.29, 0.717) is 6.42 Å². The Morgan fingerprint density at radius 1 is 1.12 bits per heavy atom. The molecule has 1 rings (SSSR count). The van der Waals surface area contributed by atoms with Crippen LogP contribution in [0.15, 0.2) is 18.2 Å². The molecular formula is C22H36O3. The van der Waals surface area contributed by atoms with Crippen LogP contribution in [0.2, 0.25) is 0 Å². The third kappa shape index (κ3) is 6.05. The Hall–Kier alpha value is -1.51. The van der Waals surface area contributed by atoms with Gasteiger partial charge in [0, 0.05) is 12.0 Å². The molecule has 0 saturated carbocycles. The molecule has 1 aromatic carbocycles. The van der Waals surface area contributed by atoms with Gasteiger partial charge in [-0.05, 0) is 55.1 Å². The number of hydrogen-bond donors (Lipinski definition) is 1. The van der Waals surface area contributed by atoms with Crippen molar-refractivity contribution in [2.75, 3.05) is 0 Å². The van der Waals surface area contributed by atoms with Crippen LogP contribution in [-0.2, 0) is 15.6 Å². The molecular weight excluding hydrogens is 312 g/mol. The molecule has 1 atom stereocenters. The second kappa shape index (κ2) is 8.73. The number of aliphatic carboxylic acids is 1. The Kier molecular flexibility index (Phi) is 7.52. The smallest absolute Gasteiger partial charge is 0.303 e. The van der Waals surface area contributed by atoms with Crippen molar-refractivity contribution in [1.29, 1.82) is 0 Å². The van der Waals surface area contributed by atoms with Gasteiger partial charge in [-0.1, -0.05) is 53.7 Å². The van der Waals surface area contributed by atoms with Crippen LogP contribution in [0.25, 0.3) is 0 Å². The molecule has 0 bridgehead atoms. The molecule has 142 valence electrons. The Balaban J connectivity index is 3.07. The van der Waals surface area contributed by atoms with Gasteiger partial charge in [-0.25, -0.2) is 0 Å². The Bertz CT molecular complexity index is 573. The molecule has 1 N–H and O–H groups in total. The number of benzene rings is 1. The molecule has 0 heterocycles. The van der Waals surface area contributed by atoms with Crippen molar-refractivity contribution >= 4 is 5.97 Å². The first-order valence-electron chi connectivity index (χ1n) is 9.57. The van der Waals surface area contributed by atoms with Crippen LogP contribution in [-0.4, -0.2) is 17.2 Å². The largest absolute Gasteiger partial charge is 0.490 e. The first kappa shape index (κ1) is 21.5. The van der Waals surface area contributed by atoms with Gasteiger partial charge in [0.1, 0.15) is 5.75 Å². The van der Waals surface area contributed by atoms with Crippen LogP contribution in [0.4, 0.5) is 0 Å². The average molecular weight is 349 g/mol. The van der Waals surface area contributed by atoms with E-state index in [1.165, 1.54) is 11.1 Å². The molecule has 0 radical (unpaired) electrons. The number of carboxylic acid groups (broad SMARTS) is 1. The summed E-state index contributed by atoms with van der Waals surface area (Å²) >= 11 is 0. The Morgan fingerprint density at radius 2 is 1.72 bits per heavy atom. The van der Waals surface area contributed by atoms with Crippen LogP contribution < -0.4 is 4.74 Å². The summed E-state index contributed by atoms with van der Waals surface area (Å²) in [5.41, 5.74) is 2.77. The first-order chi connectivity index (χ1) is 11.5. The molecule has 0 aliphatic rings. The van der Waals surface area contributed by atoms with Crippen molar-refractivity contribution in [3.8, 4) is 5.75 Å². The number of hydrogen-bond acceptors (Lipinski definition) is 2. The van der Waals surface area contributed by atoms with Crippen LogP contribution in [0, 0.1) is 0 Å². The molecule has 0 amide bonds. The first-order valence-corrected chi connectivity index (χ1v) is 9.57. The van der Waals surface area contributed by atoms with Gasteiger partial charge in [-0.15, -0.1) is 0 Å². The van der Waals surface area contributed by atoms with E-state index < -0.39 is 5.97 Å². The highest BCUT2D eigenvalue weighted by atomic mass is 16.5. The topological polar surface area (TPSA) is 46.5 Å². The molecule has 3 nitrogen and oxygen atoms in total. The lowest BCUT2D eigenvalue weighted by molar-refractivity contribution is -0.137. The van der Waals surface area contributed by atoms with E-state index in [9.17, 15) is 4.79 Å². The quantitative estimate of drug-likeness (QED) is 0.557. The van der Waals surface area contributed by atoms with Gasteiger partial charge in [0.2, 0.25) is 0 Å². The second-order valence-corrected chi connectivity index (χ2v) is 8.40. The monoisotopic (exact) mass is 348 g/mol. The molecule has 0 spiro atoms. The van der Waals surface area contributed by atoms with E-state index in [1.807, 2.05) is 6.92 Å². The minimum absolute atomic E-state index is 0.00999. The van der Waals surface area contributed by atoms with Crippen molar-refractivity contribution in [2.24, 2.45) is 0 Å². The summed E-state index contributed by atoms with van der Waals surface area (Å²) in [6, 6.07) is 6.59. The molecule has 0 aliphatic heterocycles. The normalized spacial score (nSPS) is 13.6. The maximum Gasteiger partial charge on any atom is 0.303 e. The SMILES string of the molecule is CCC(C)(C)c1ccc(OC(C)CCCC(=O)O)c(C(C)(C)CC)c1. The molecule has 1 unspecified atom stereocenters. The van der Waals surface area contributed by atoms with Crippen molar-refractivity contribution in [1.82, 2.24) is 0 Å². The zero-order chi connectivity index (χ0) is 19.3. The lowest BCUT2D eigenvalue weighted by Gasteiger charge is -2.31. The van der Waals surface area contributed by atoms with E-state index in [-0.39, 0.29) is 23.4 Å². The summed E-state index contributed by atoms with van der Waals surface area (Å²) in [7, 11) is 0. The fourth-order valence-corrected chi connectivity index (χ4v) is 2.79. The fraction of sp³-hybridized carbons (Fsp3) is 0.682. The minimum Gasteiger partial charge on any atom is -0.490 e. The third-order valence-electron chi connectivity index (χ3n) is 5.59. The average Bonchev–Trinajstić information content (AvgIpc) is 2.54. The summed E-state index contributed by atoms with van der Waals surface area (Å²) in [6.07, 6.45) is 3.72. The summed E-state index contributed by atoms with van der Waals surface area (Å²) in [6.45, 7) is 15.5. The van der Waals surface area contributed by atoms with Gasteiger partial charge in [-0.3, -0.25) is 4.79 Å². The number of carboxylic acids is 1. The second-order valence-electron chi connectivity index (χ2n) is 8.40. The summed E-state index contributed by atoms with van der Waals surface area (Å²) in [5, 5.41) is 8.79. The van der Waals surface area contributed by atoms with Gasteiger partial charge < -0.3 is 9.84 Å². The maximum absolute atomic E-state index is 10.7. The molecule has 0 aromatic heterocycles. The zero-order valence-corrected chi connectivity index (χ0v) is 17.1.